The average molecular weight is 226 g/mol. The highest BCUT2D eigenvalue weighted by molar-refractivity contribution is 4.80. The molecule has 0 aromatic heterocycles. The van der Waals surface area contributed by atoms with Gasteiger partial charge in [-0.05, 0) is 51.4 Å². The zero-order valence-electron chi connectivity index (χ0n) is 10.1. The van der Waals surface area contributed by atoms with Gasteiger partial charge in [0.15, 0.2) is 0 Å². The van der Waals surface area contributed by atoms with Crippen molar-refractivity contribution in [2.45, 2.75) is 69.6 Å². The predicted octanol–water partition coefficient (Wildman–Crippen LogP) is 1.96. The quantitative estimate of drug-likeness (QED) is 0.743. The molecule has 1 saturated heterocycles. The first-order valence-electron chi connectivity index (χ1n) is 6.83. The van der Waals surface area contributed by atoms with Crippen LogP contribution in [0.25, 0.3) is 0 Å². The van der Waals surface area contributed by atoms with Crippen molar-refractivity contribution < 1.29 is 10.2 Å². The van der Waals surface area contributed by atoms with Crippen LogP contribution in [0.15, 0.2) is 0 Å². The van der Waals surface area contributed by atoms with Gasteiger partial charge < -0.3 is 10.0 Å². The molecule has 3 heteroatoms. The lowest BCUT2D eigenvalue weighted by Gasteiger charge is -2.37. The molecule has 2 fully saturated rings. The van der Waals surface area contributed by atoms with E-state index in [2.05, 4.69) is 4.90 Å². The summed E-state index contributed by atoms with van der Waals surface area (Å²) in [7, 11) is 0. The van der Waals surface area contributed by atoms with Crippen LogP contribution in [0.4, 0.5) is 0 Å². The summed E-state index contributed by atoms with van der Waals surface area (Å²) in [6.07, 6.45) is 7.93. The van der Waals surface area contributed by atoms with Crippen LogP contribution in [-0.2, 0) is 5.11 Å². The fourth-order valence-corrected chi connectivity index (χ4v) is 3.07. The summed E-state index contributed by atoms with van der Waals surface area (Å²) in [4.78, 5) is 2.52. The van der Waals surface area contributed by atoms with Crippen LogP contribution in [-0.4, -0.2) is 41.3 Å². The second kappa shape index (κ2) is 5.99. The van der Waals surface area contributed by atoms with E-state index in [1.807, 2.05) is 0 Å². The van der Waals surface area contributed by atoms with Crippen molar-refractivity contribution >= 4 is 0 Å². The van der Waals surface area contributed by atoms with Crippen molar-refractivity contribution in [3.8, 4) is 0 Å². The number of rotatable bonds is 1. The van der Waals surface area contributed by atoms with E-state index in [4.69, 9.17) is 0 Å². The fourth-order valence-electron chi connectivity index (χ4n) is 3.07. The Balaban J connectivity index is 1.79. The van der Waals surface area contributed by atoms with Crippen LogP contribution in [0.2, 0.25) is 0 Å². The number of piperidine rings is 1. The molecule has 0 atom stereocenters. The van der Waals surface area contributed by atoms with Crippen LogP contribution >= 0.6 is 0 Å². The van der Waals surface area contributed by atoms with Gasteiger partial charge in [-0.15, -0.1) is 0 Å². The molecule has 2 aliphatic rings. The van der Waals surface area contributed by atoms with Crippen molar-refractivity contribution in [1.82, 2.24) is 4.90 Å². The summed E-state index contributed by atoms with van der Waals surface area (Å²) in [5.74, 6) is 0. The highest BCUT2D eigenvalue weighted by Gasteiger charge is 2.25. The second-order valence-electron chi connectivity index (χ2n) is 5.40. The van der Waals surface area contributed by atoms with Crippen molar-refractivity contribution in [2.75, 3.05) is 13.1 Å². The normalized spacial score (nSPS) is 35.6. The van der Waals surface area contributed by atoms with Crippen LogP contribution < -0.4 is 0 Å². The molecule has 1 saturated carbocycles. The van der Waals surface area contributed by atoms with Gasteiger partial charge in [-0.3, -0.25) is 0 Å². The second-order valence-corrected chi connectivity index (χ2v) is 5.40. The summed E-state index contributed by atoms with van der Waals surface area (Å²) in [5.41, 5.74) is 0. The van der Waals surface area contributed by atoms with Crippen molar-refractivity contribution in [2.24, 2.45) is 0 Å². The van der Waals surface area contributed by atoms with Gasteiger partial charge in [0.1, 0.15) is 0 Å². The largest absolute Gasteiger partial charge is 0.393 e. The van der Waals surface area contributed by atoms with Gasteiger partial charge in [0.05, 0.1) is 12.2 Å². The predicted molar refractivity (Wildman–Crippen MR) is 62.8 cm³/mol. The van der Waals surface area contributed by atoms with E-state index in [0.717, 1.165) is 51.6 Å². The molecule has 0 spiro atoms. The molecule has 1 radical (unpaired) electrons. The Kier molecular flexibility index (Phi) is 4.62. The topological polar surface area (TPSA) is 43.4 Å². The molecule has 1 N–H and O–H groups in total. The fraction of sp³-hybridized carbons (Fsp3) is 1.00. The Labute approximate surface area is 98.5 Å². The summed E-state index contributed by atoms with van der Waals surface area (Å²) < 4.78 is 0. The lowest BCUT2D eigenvalue weighted by Crippen LogP contribution is -2.43. The highest BCUT2D eigenvalue weighted by atomic mass is 16.3. The van der Waals surface area contributed by atoms with Crippen molar-refractivity contribution in [3.05, 3.63) is 0 Å². The third kappa shape index (κ3) is 3.44. The molecule has 1 aliphatic carbocycles. The van der Waals surface area contributed by atoms with Crippen LogP contribution in [0.5, 0.6) is 0 Å². The van der Waals surface area contributed by atoms with Gasteiger partial charge in [0, 0.05) is 19.1 Å². The number of nitrogens with zero attached hydrogens (tertiary/aromatic N) is 1. The van der Waals surface area contributed by atoms with Gasteiger partial charge >= 0.3 is 0 Å². The molecule has 0 bridgehead atoms. The van der Waals surface area contributed by atoms with E-state index < -0.39 is 0 Å². The van der Waals surface area contributed by atoms with E-state index in [1.165, 1.54) is 12.8 Å². The molecule has 93 valence electrons. The first kappa shape index (κ1) is 12.3. The number of aliphatic hydroxyl groups excluding tert-OH is 1. The van der Waals surface area contributed by atoms with E-state index in [1.54, 1.807) is 0 Å². The van der Waals surface area contributed by atoms with Gasteiger partial charge in [-0.25, -0.2) is 5.11 Å². The Bertz CT molecular complexity index is 192. The lowest BCUT2D eigenvalue weighted by molar-refractivity contribution is 0.00907. The maximum absolute atomic E-state index is 11.3. The van der Waals surface area contributed by atoms with Crippen molar-refractivity contribution in [3.63, 3.8) is 0 Å². The first-order valence-corrected chi connectivity index (χ1v) is 6.83. The monoisotopic (exact) mass is 226 g/mol. The highest BCUT2D eigenvalue weighted by Crippen LogP contribution is 2.24. The molecule has 1 heterocycles. The molecule has 2 rings (SSSR count). The van der Waals surface area contributed by atoms with Gasteiger partial charge in [0.25, 0.3) is 0 Å². The Morgan fingerprint density at radius 2 is 1.44 bits per heavy atom. The number of hydrogen-bond donors (Lipinski definition) is 1. The summed E-state index contributed by atoms with van der Waals surface area (Å²) in [5, 5.41) is 20.9. The Hall–Kier alpha value is -0.120. The van der Waals surface area contributed by atoms with Crippen LogP contribution in [0, 0.1) is 0 Å². The summed E-state index contributed by atoms with van der Waals surface area (Å²) in [6, 6.07) is 0.681. The van der Waals surface area contributed by atoms with E-state index in [9.17, 15) is 10.2 Å². The third-order valence-corrected chi connectivity index (χ3v) is 4.14. The Morgan fingerprint density at radius 3 is 2.00 bits per heavy atom. The van der Waals surface area contributed by atoms with Gasteiger partial charge in [-0.1, -0.05) is 0 Å². The van der Waals surface area contributed by atoms with E-state index in [0.29, 0.717) is 6.04 Å². The SMILES string of the molecule is [O]C1CCN(C2CCCC(O)CCC2)CC1. The zero-order chi connectivity index (χ0) is 11.4. The van der Waals surface area contributed by atoms with Gasteiger partial charge in [-0.2, -0.15) is 0 Å². The first-order chi connectivity index (χ1) is 7.75. The molecule has 0 aromatic carbocycles. The number of hydrogen-bond acceptors (Lipinski definition) is 2. The molecule has 0 aromatic rings. The van der Waals surface area contributed by atoms with Crippen molar-refractivity contribution in [1.29, 1.82) is 0 Å². The standard InChI is InChI=1S/C13H24NO2/c15-12-5-1-3-11(4-2-6-12)14-9-7-13(16)8-10-14/h11-13,15H,1-10H2. The minimum absolute atomic E-state index is 0.0617. The lowest BCUT2D eigenvalue weighted by atomic mass is 9.92. The molecular weight excluding hydrogens is 202 g/mol. The molecule has 1 aliphatic heterocycles. The maximum Gasteiger partial charge on any atom is 0.0954 e. The van der Waals surface area contributed by atoms with Gasteiger partial charge in [0.2, 0.25) is 0 Å². The maximum atomic E-state index is 11.3. The average Bonchev–Trinajstić information content (AvgIpc) is 2.25. The summed E-state index contributed by atoms with van der Waals surface area (Å²) in [6.45, 7) is 2.00. The van der Waals surface area contributed by atoms with E-state index >= 15 is 0 Å². The minimum atomic E-state index is -0.313. The van der Waals surface area contributed by atoms with Crippen LogP contribution in [0.3, 0.4) is 0 Å². The van der Waals surface area contributed by atoms with Crippen LogP contribution in [0.1, 0.15) is 51.4 Å². The minimum Gasteiger partial charge on any atom is -0.393 e. The molecule has 0 unspecified atom stereocenters. The Morgan fingerprint density at radius 1 is 0.875 bits per heavy atom. The molecular formula is C13H24NO2. The summed E-state index contributed by atoms with van der Waals surface area (Å²) >= 11 is 0. The number of aliphatic hydroxyl groups is 1. The smallest absolute Gasteiger partial charge is 0.0954 e. The molecule has 16 heavy (non-hydrogen) atoms. The van der Waals surface area contributed by atoms with E-state index in [-0.39, 0.29) is 12.2 Å². The number of likely N-dealkylation sites (tertiary alicyclic amines) is 1. The molecule has 3 nitrogen and oxygen atoms in total. The molecule has 0 amide bonds. The zero-order valence-corrected chi connectivity index (χ0v) is 10.1. The third-order valence-electron chi connectivity index (χ3n) is 4.14.